The highest BCUT2D eigenvalue weighted by atomic mass is 32.2. The van der Waals surface area contributed by atoms with Crippen molar-refractivity contribution in [3.05, 3.63) is 108 Å². The van der Waals surface area contributed by atoms with E-state index < -0.39 is 32.1 Å². The summed E-state index contributed by atoms with van der Waals surface area (Å²) in [5.74, 6) is 0. The molecule has 0 saturated heterocycles. The standard InChI is InChI=1S/C30H31N6O4S2/c1-20(31)29-16-22-18-33-14-12-27(22)35(29)42(39,40)26-10-8-24(9-11-26)34-15-13-28-23(19-34)17-30(21(2)32)36(28)41(37,38)25-6-4-3-5-7-25/h3-12,14,16-21H,13,15,31-32H2,1-2H3/q+1/t20-,21-/m1/s1. The molecule has 0 spiro atoms. The molecule has 2 atom stereocenters. The number of hydrogen-bond donors (Lipinski definition) is 2. The molecule has 0 amide bonds. The third-order valence-electron chi connectivity index (χ3n) is 7.51. The Kier molecular flexibility index (Phi) is 6.89. The number of fused-ring (bicyclic) bond motifs is 2. The molecule has 0 aliphatic carbocycles. The van der Waals surface area contributed by atoms with Crippen molar-refractivity contribution in [3.63, 3.8) is 0 Å². The summed E-state index contributed by atoms with van der Waals surface area (Å²) in [7, 11) is -7.80. The Morgan fingerprint density at radius 1 is 0.810 bits per heavy atom. The number of hydrogen-bond acceptors (Lipinski definition) is 7. The SMILES string of the molecule is C[C@@H](N)c1cc2c(n1S(=O)(=O)c1ccccc1)CC[N+](c1ccc(S(=O)(=O)n3c([C@@H](C)N)cc4cnccc43)cc1)=C2. The fourth-order valence-electron chi connectivity index (χ4n) is 5.44. The highest BCUT2D eigenvalue weighted by Gasteiger charge is 2.32. The molecule has 2 aromatic carbocycles. The zero-order valence-electron chi connectivity index (χ0n) is 23.1. The Morgan fingerprint density at radius 3 is 2.10 bits per heavy atom. The summed E-state index contributed by atoms with van der Waals surface area (Å²) in [5.41, 5.74) is 16.0. The molecule has 12 heteroatoms. The first kappa shape index (κ1) is 28.0. The van der Waals surface area contributed by atoms with Crippen LogP contribution in [0.1, 0.15) is 48.6 Å². The van der Waals surface area contributed by atoms with Gasteiger partial charge in [-0.15, -0.1) is 0 Å². The Bertz CT molecular complexity index is 2060. The van der Waals surface area contributed by atoms with Crippen molar-refractivity contribution in [2.75, 3.05) is 6.54 Å². The van der Waals surface area contributed by atoms with Crippen LogP contribution in [-0.4, -0.2) is 47.1 Å². The lowest BCUT2D eigenvalue weighted by molar-refractivity contribution is -0.436. The van der Waals surface area contributed by atoms with Gasteiger partial charge in [0.1, 0.15) is 0 Å². The second-order valence-corrected chi connectivity index (χ2v) is 14.0. The van der Waals surface area contributed by atoms with Gasteiger partial charge in [0.15, 0.2) is 12.8 Å². The molecule has 1 aliphatic heterocycles. The van der Waals surface area contributed by atoms with E-state index in [-0.39, 0.29) is 9.79 Å². The summed E-state index contributed by atoms with van der Waals surface area (Å²) in [6.45, 7) is 4.00. The highest BCUT2D eigenvalue weighted by Crippen LogP contribution is 2.31. The molecule has 0 saturated carbocycles. The van der Waals surface area contributed by atoms with Gasteiger partial charge in [0.2, 0.25) is 5.69 Å². The van der Waals surface area contributed by atoms with Crippen molar-refractivity contribution in [2.24, 2.45) is 11.5 Å². The maximum atomic E-state index is 13.8. The van der Waals surface area contributed by atoms with Crippen LogP contribution in [0.25, 0.3) is 10.9 Å². The summed E-state index contributed by atoms with van der Waals surface area (Å²) in [4.78, 5) is 4.43. The van der Waals surface area contributed by atoms with Gasteiger partial charge in [-0.2, -0.15) is 4.58 Å². The molecule has 6 rings (SSSR count). The quantitative estimate of drug-likeness (QED) is 0.270. The molecule has 1 aliphatic rings. The van der Waals surface area contributed by atoms with Crippen LogP contribution >= 0.6 is 0 Å². The number of nitrogens with zero attached hydrogens (tertiary/aromatic N) is 4. The second kappa shape index (κ2) is 10.3. The minimum absolute atomic E-state index is 0.125. The van der Waals surface area contributed by atoms with E-state index in [0.29, 0.717) is 41.0 Å². The van der Waals surface area contributed by atoms with E-state index in [1.54, 1.807) is 93.0 Å². The van der Waals surface area contributed by atoms with Crippen molar-refractivity contribution in [2.45, 2.75) is 42.1 Å². The van der Waals surface area contributed by atoms with Crippen LogP contribution in [0.2, 0.25) is 0 Å². The molecule has 10 nitrogen and oxygen atoms in total. The number of rotatable bonds is 7. The minimum atomic E-state index is -3.95. The largest absolute Gasteiger partial charge is 0.323 e. The van der Waals surface area contributed by atoms with Gasteiger partial charge in [0, 0.05) is 48.4 Å². The van der Waals surface area contributed by atoms with Gasteiger partial charge in [0.25, 0.3) is 20.0 Å². The van der Waals surface area contributed by atoms with Gasteiger partial charge in [-0.3, -0.25) is 4.98 Å². The molecule has 216 valence electrons. The van der Waals surface area contributed by atoms with Gasteiger partial charge in [-0.1, -0.05) is 18.2 Å². The fourth-order valence-corrected chi connectivity index (χ4v) is 8.75. The van der Waals surface area contributed by atoms with E-state index in [1.165, 1.54) is 7.94 Å². The van der Waals surface area contributed by atoms with Crippen molar-refractivity contribution >= 4 is 42.9 Å². The molecule has 42 heavy (non-hydrogen) atoms. The van der Waals surface area contributed by atoms with E-state index in [9.17, 15) is 16.8 Å². The van der Waals surface area contributed by atoms with E-state index in [0.717, 1.165) is 11.3 Å². The van der Waals surface area contributed by atoms with Crippen molar-refractivity contribution < 1.29 is 21.4 Å². The number of nitrogens with two attached hydrogens (primary N) is 2. The van der Waals surface area contributed by atoms with Gasteiger partial charge in [-0.25, -0.2) is 24.8 Å². The van der Waals surface area contributed by atoms with Gasteiger partial charge in [0.05, 0.1) is 38.0 Å². The fraction of sp³-hybridized carbons (Fsp3) is 0.200. The zero-order chi connectivity index (χ0) is 29.8. The average Bonchev–Trinajstić information content (AvgIpc) is 3.58. The van der Waals surface area contributed by atoms with Crippen LogP contribution in [0.3, 0.4) is 0 Å². The maximum Gasteiger partial charge on any atom is 0.268 e. The minimum Gasteiger partial charge on any atom is -0.323 e. The van der Waals surface area contributed by atoms with Crippen molar-refractivity contribution in [1.82, 2.24) is 12.9 Å². The first-order valence-electron chi connectivity index (χ1n) is 13.5. The first-order chi connectivity index (χ1) is 20.0. The molecule has 0 fully saturated rings. The van der Waals surface area contributed by atoms with Gasteiger partial charge >= 0.3 is 0 Å². The topological polar surface area (TPSA) is 146 Å². The predicted octanol–water partition coefficient (Wildman–Crippen LogP) is 3.67. The van der Waals surface area contributed by atoms with Crippen LogP contribution in [0.5, 0.6) is 0 Å². The molecule has 5 aromatic rings. The Labute approximate surface area is 244 Å². The maximum absolute atomic E-state index is 13.8. The smallest absolute Gasteiger partial charge is 0.268 e. The van der Waals surface area contributed by atoms with Crippen LogP contribution < -0.4 is 11.5 Å². The van der Waals surface area contributed by atoms with E-state index in [1.807, 2.05) is 16.9 Å². The summed E-state index contributed by atoms with van der Waals surface area (Å²) < 4.78 is 59.5. The number of aromatic nitrogens is 3. The van der Waals surface area contributed by atoms with Crippen molar-refractivity contribution in [3.8, 4) is 0 Å². The van der Waals surface area contributed by atoms with E-state index >= 15 is 0 Å². The number of pyridine rings is 1. The Balaban J connectivity index is 1.38. The number of benzene rings is 2. The van der Waals surface area contributed by atoms with Crippen LogP contribution in [0.4, 0.5) is 5.69 Å². The third-order valence-corrected chi connectivity index (χ3v) is 11.0. The summed E-state index contributed by atoms with van der Waals surface area (Å²) >= 11 is 0. The van der Waals surface area contributed by atoms with Crippen LogP contribution in [-0.2, 0) is 26.5 Å². The average molecular weight is 604 g/mol. The lowest BCUT2D eigenvalue weighted by Crippen LogP contribution is -2.25. The van der Waals surface area contributed by atoms with E-state index in [2.05, 4.69) is 4.98 Å². The van der Waals surface area contributed by atoms with Crippen molar-refractivity contribution in [1.29, 1.82) is 0 Å². The monoisotopic (exact) mass is 603 g/mol. The molecule has 0 radical (unpaired) electrons. The highest BCUT2D eigenvalue weighted by molar-refractivity contribution is 7.90. The molecule has 3 aromatic heterocycles. The third kappa shape index (κ3) is 4.56. The lowest BCUT2D eigenvalue weighted by atomic mass is 10.1. The first-order valence-corrected chi connectivity index (χ1v) is 16.4. The molecule has 4 heterocycles. The normalized spacial score (nSPS) is 15.3. The molecule has 4 N–H and O–H groups in total. The van der Waals surface area contributed by atoms with Crippen LogP contribution in [0, 0.1) is 0 Å². The second-order valence-electron chi connectivity index (χ2n) is 10.5. The van der Waals surface area contributed by atoms with Gasteiger partial charge in [-0.05, 0) is 56.3 Å². The molecule has 0 unspecified atom stereocenters. The molecule has 0 bridgehead atoms. The van der Waals surface area contributed by atoms with Gasteiger partial charge < -0.3 is 11.5 Å². The van der Waals surface area contributed by atoms with Crippen LogP contribution in [0.15, 0.2) is 95.0 Å². The predicted molar refractivity (Wildman–Crippen MR) is 161 cm³/mol. The Hall–Kier alpha value is -4.10. The lowest BCUT2D eigenvalue weighted by Gasteiger charge is -2.17. The molecular weight excluding hydrogens is 573 g/mol. The molecular formula is C30H31N6O4S2+. The van der Waals surface area contributed by atoms with E-state index in [4.69, 9.17) is 11.5 Å². The Morgan fingerprint density at radius 2 is 1.43 bits per heavy atom. The summed E-state index contributed by atoms with van der Waals surface area (Å²) in [5, 5.41) is 0.691. The summed E-state index contributed by atoms with van der Waals surface area (Å²) in [6, 6.07) is 19.2. The zero-order valence-corrected chi connectivity index (χ0v) is 24.8. The summed E-state index contributed by atoms with van der Waals surface area (Å²) in [6.07, 6.45) is 5.50.